The van der Waals surface area contributed by atoms with Gasteiger partial charge in [-0.05, 0) is 37.0 Å². The monoisotopic (exact) mass is 280 g/mol. The molecule has 1 heterocycles. The van der Waals surface area contributed by atoms with Gasteiger partial charge >= 0.3 is 0 Å². The van der Waals surface area contributed by atoms with Crippen LogP contribution in [0.25, 0.3) is 0 Å². The van der Waals surface area contributed by atoms with Gasteiger partial charge in [-0.1, -0.05) is 48.5 Å². The summed E-state index contributed by atoms with van der Waals surface area (Å²) >= 11 is 0. The third kappa shape index (κ3) is 3.45. The molecule has 21 heavy (non-hydrogen) atoms. The van der Waals surface area contributed by atoms with E-state index in [4.69, 9.17) is 0 Å². The maximum absolute atomic E-state index is 3.56. The molecule has 0 bridgehead atoms. The van der Waals surface area contributed by atoms with Gasteiger partial charge in [-0.3, -0.25) is 0 Å². The van der Waals surface area contributed by atoms with Crippen LogP contribution in [0.5, 0.6) is 0 Å². The Labute approximate surface area is 127 Å². The van der Waals surface area contributed by atoms with Crippen LogP contribution >= 0.6 is 0 Å². The van der Waals surface area contributed by atoms with Crippen molar-refractivity contribution in [1.82, 2.24) is 5.32 Å². The van der Waals surface area contributed by atoms with Gasteiger partial charge in [0.2, 0.25) is 0 Å². The first-order valence-electron chi connectivity index (χ1n) is 7.94. The van der Waals surface area contributed by atoms with Gasteiger partial charge in [0, 0.05) is 31.4 Å². The van der Waals surface area contributed by atoms with E-state index in [9.17, 15) is 0 Å². The van der Waals surface area contributed by atoms with E-state index in [2.05, 4.69) is 71.7 Å². The molecule has 0 aromatic heterocycles. The lowest BCUT2D eigenvalue weighted by molar-refractivity contribution is 0.544. The highest BCUT2D eigenvalue weighted by atomic mass is 15.2. The molecular weight excluding hydrogens is 256 g/mol. The SMILES string of the molecule is CC1CCc2ccccc2N1CCNCc1ccccc1. The normalized spacial score (nSPS) is 17.6. The number of nitrogens with one attached hydrogen (secondary N) is 1. The maximum Gasteiger partial charge on any atom is 0.0401 e. The number of hydrogen-bond donors (Lipinski definition) is 1. The van der Waals surface area contributed by atoms with E-state index in [0.717, 1.165) is 19.6 Å². The Balaban J connectivity index is 1.55. The minimum Gasteiger partial charge on any atom is -0.367 e. The quantitative estimate of drug-likeness (QED) is 0.842. The molecule has 0 saturated carbocycles. The van der Waals surface area contributed by atoms with E-state index in [1.165, 1.54) is 29.7 Å². The number of benzene rings is 2. The standard InChI is InChI=1S/C19H24N2/c1-16-11-12-18-9-5-6-10-19(18)21(16)14-13-20-15-17-7-3-2-4-8-17/h2-10,16,20H,11-15H2,1H3. The van der Waals surface area contributed by atoms with Crippen molar-refractivity contribution in [2.75, 3.05) is 18.0 Å². The highest BCUT2D eigenvalue weighted by Crippen LogP contribution is 2.29. The molecule has 3 rings (SSSR count). The van der Waals surface area contributed by atoms with E-state index >= 15 is 0 Å². The Hall–Kier alpha value is -1.80. The molecule has 1 N–H and O–H groups in total. The van der Waals surface area contributed by atoms with Crippen LogP contribution in [0.2, 0.25) is 0 Å². The summed E-state index contributed by atoms with van der Waals surface area (Å²) in [5.74, 6) is 0. The summed E-state index contributed by atoms with van der Waals surface area (Å²) in [6, 6.07) is 20.1. The van der Waals surface area contributed by atoms with Gasteiger partial charge < -0.3 is 10.2 Å². The third-order valence-corrected chi connectivity index (χ3v) is 4.37. The first kappa shape index (κ1) is 14.2. The summed E-state index contributed by atoms with van der Waals surface area (Å²) < 4.78 is 0. The fourth-order valence-electron chi connectivity index (χ4n) is 3.13. The van der Waals surface area contributed by atoms with Crippen LogP contribution in [0.4, 0.5) is 5.69 Å². The molecule has 2 aromatic rings. The number of aryl methyl sites for hydroxylation is 1. The van der Waals surface area contributed by atoms with E-state index in [-0.39, 0.29) is 0 Å². The van der Waals surface area contributed by atoms with Gasteiger partial charge in [-0.2, -0.15) is 0 Å². The van der Waals surface area contributed by atoms with Crippen LogP contribution in [0.3, 0.4) is 0 Å². The molecule has 0 radical (unpaired) electrons. The van der Waals surface area contributed by atoms with Crippen molar-refractivity contribution >= 4 is 5.69 Å². The second kappa shape index (κ2) is 6.77. The van der Waals surface area contributed by atoms with Gasteiger partial charge in [0.25, 0.3) is 0 Å². The van der Waals surface area contributed by atoms with Gasteiger partial charge in [0.05, 0.1) is 0 Å². The van der Waals surface area contributed by atoms with Gasteiger partial charge in [-0.25, -0.2) is 0 Å². The Bertz CT molecular complexity index is 565. The number of anilines is 1. The zero-order valence-electron chi connectivity index (χ0n) is 12.8. The van der Waals surface area contributed by atoms with E-state index < -0.39 is 0 Å². The van der Waals surface area contributed by atoms with Crippen LogP contribution in [-0.2, 0) is 13.0 Å². The lowest BCUT2D eigenvalue weighted by atomic mass is 9.97. The largest absolute Gasteiger partial charge is 0.367 e. The Morgan fingerprint density at radius 2 is 1.81 bits per heavy atom. The molecular formula is C19H24N2. The van der Waals surface area contributed by atoms with Crippen LogP contribution < -0.4 is 10.2 Å². The smallest absolute Gasteiger partial charge is 0.0401 e. The summed E-state index contributed by atoms with van der Waals surface area (Å²) in [5.41, 5.74) is 4.28. The van der Waals surface area contributed by atoms with Crippen molar-refractivity contribution in [1.29, 1.82) is 0 Å². The number of para-hydroxylation sites is 1. The van der Waals surface area contributed by atoms with Crippen molar-refractivity contribution in [2.24, 2.45) is 0 Å². The molecule has 2 heteroatoms. The van der Waals surface area contributed by atoms with Crippen molar-refractivity contribution in [3.8, 4) is 0 Å². The average Bonchev–Trinajstić information content (AvgIpc) is 2.54. The second-order valence-corrected chi connectivity index (χ2v) is 5.87. The van der Waals surface area contributed by atoms with Crippen molar-refractivity contribution in [2.45, 2.75) is 32.4 Å². The zero-order valence-corrected chi connectivity index (χ0v) is 12.8. The van der Waals surface area contributed by atoms with Crippen molar-refractivity contribution < 1.29 is 0 Å². The van der Waals surface area contributed by atoms with Gasteiger partial charge in [0.1, 0.15) is 0 Å². The first-order chi connectivity index (χ1) is 10.3. The average molecular weight is 280 g/mol. The zero-order chi connectivity index (χ0) is 14.5. The molecule has 1 aliphatic heterocycles. The summed E-state index contributed by atoms with van der Waals surface area (Å²) in [6.45, 7) is 5.39. The number of rotatable bonds is 5. The predicted octanol–water partition coefficient (Wildman–Crippen LogP) is 3.62. The predicted molar refractivity (Wildman–Crippen MR) is 89.7 cm³/mol. The molecule has 1 unspecified atom stereocenters. The van der Waals surface area contributed by atoms with E-state index in [1.807, 2.05) is 0 Å². The maximum atomic E-state index is 3.56. The lowest BCUT2D eigenvalue weighted by Crippen LogP contribution is -2.41. The van der Waals surface area contributed by atoms with E-state index in [1.54, 1.807) is 0 Å². The minimum absolute atomic E-state index is 0.637. The third-order valence-electron chi connectivity index (χ3n) is 4.37. The van der Waals surface area contributed by atoms with Crippen molar-refractivity contribution in [3.05, 3.63) is 65.7 Å². The highest BCUT2D eigenvalue weighted by molar-refractivity contribution is 5.56. The molecule has 0 spiro atoms. The lowest BCUT2D eigenvalue weighted by Gasteiger charge is -2.37. The number of hydrogen-bond acceptors (Lipinski definition) is 2. The minimum atomic E-state index is 0.637. The fourth-order valence-corrected chi connectivity index (χ4v) is 3.13. The Morgan fingerprint density at radius 3 is 2.67 bits per heavy atom. The summed E-state index contributed by atoms with van der Waals surface area (Å²) in [6.07, 6.45) is 2.47. The number of nitrogens with zero attached hydrogens (tertiary/aromatic N) is 1. The van der Waals surface area contributed by atoms with Crippen molar-refractivity contribution in [3.63, 3.8) is 0 Å². The molecule has 2 aromatic carbocycles. The fraction of sp³-hybridized carbons (Fsp3) is 0.368. The molecule has 1 aliphatic rings. The van der Waals surface area contributed by atoms with Gasteiger partial charge in [-0.15, -0.1) is 0 Å². The van der Waals surface area contributed by atoms with Crippen LogP contribution in [0.1, 0.15) is 24.5 Å². The molecule has 0 saturated heterocycles. The summed E-state index contributed by atoms with van der Waals surface area (Å²) in [4.78, 5) is 2.55. The second-order valence-electron chi connectivity index (χ2n) is 5.87. The molecule has 2 nitrogen and oxygen atoms in total. The Morgan fingerprint density at radius 1 is 1.05 bits per heavy atom. The summed E-state index contributed by atoms with van der Waals surface area (Å²) in [7, 11) is 0. The summed E-state index contributed by atoms with van der Waals surface area (Å²) in [5, 5.41) is 3.56. The van der Waals surface area contributed by atoms with Gasteiger partial charge in [0.15, 0.2) is 0 Å². The molecule has 0 aliphatic carbocycles. The molecule has 1 atom stereocenters. The number of fused-ring (bicyclic) bond motifs is 1. The molecule has 0 fully saturated rings. The van der Waals surface area contributed by atoms with E-state index in [0.29, 0.717) is 6.04 Å². The first-order valence-corrected chi connectivity index (χ1v) is 7.94. The Kier molecular flexibility index (Phi) is 4.56. The molecule has 0 amide bonds. The van der Waals surface area contributed by atoms with Crippen LogP contribution in [-0.4, -0.2) is 19.1 Å². The molecule has 110 valence electrons. The van der Waals surface area contributed by atoms with Crippen LogP contribution in [0, 0.1) is 0 Å². The van der Waals surface area contributed by atoms with Crippen LogP contribution in [0.15, 0.2) is 54.6 Å². The highest BCUT2D eigenvalue weighted by Gasteiger charge is 2.21. The topological polar surface area (TPSA) is 15.3 Å².